The van der Waals surface area contributed by atoms with Crippen molar-refractivity contribution in [3.8, 4) is 0 Å². The van der Waals surface area contributed by atoms with Crippen LogP contribution in [0.5, 0.6) is 0 Å². The average Bonchev–Trinajstić information content (AvgIpc) is 2.63. The summed E-state index contributed by atoms with van der Waals surface area (Å²) in [4.78, 5) is 12.0. The van der Waals surface area contributed by atoms with Crippen LogP contribution < -0.4 is 0 Å². The van der Waals surface area contributed by atoms with Crippen LogP contribution in [0.25, 0.3) is 0 Å². The second-order valence-electron chi connectivity index (χ2n) is 9.62. The molecule has 23 heavy (non-hydrogen) atoms. The minimum absolute atomic E-state index is 0.107. The Morgan fingerprint density at radius 3 is 2.52 bits per heavy atom. The molecule has 0 aliphatic heterocycles. The minimum Gasteiger partial charge on any atom is -0.481 e. The third-order valence-electron chi connectivity index (χ3n) is 8.65. The molecule has 3 nitrogen and oxygen atoms in total. The summed E-state index contributed by atoms with van der Waals surface area (Å²) in [7, 11) is 0. The molecule has 4 rings (SSSR count). The van der Waals surface area contributed by atoms with E-state index in [1.165, 1.54) is 0 Å². The molecule has 4 aliphatic rings. The first-order chi connectivity index (χ1) is 10.7. The Morgan fingerprint density at radius 1 is 1.13 bits per heavy atom. The van der Waals surface area contributed by atoms with Crippen LogP contribution in [-0.4, -0.2) is 21.8 Å². The van der Waals surface area contributed by atoms with E-state index in [0.717, 1.165) is 63.4 Å². The zero-order chi connectivity index (χ0) is 16.7. The monoisotopic (exact) mass is 318 g/mol. The van der Waals surface area contributed by atoms with Gasteiger partial charge >= 0.3 is 5.97 Å². The lowest BCUT2D eigenvalue weighted by Crippen LogP contribution is -2.59. The summed E-state index contributed by atoms with van der Waals surface area (Å²) in [5, 5.41) is 20.8. The maximum atomic E-state index is 12.0. The van der Waals surface area contributed by atoms with Crippen LogP contribution in [0.1, 0.15) is 71.6 Å². The number of carboxylic acid groups (broad SMARTS) is 1. The Balaban J connectivity index is 1.76. The maximum Gasteiger partial charge on any atom is 0.309 e. The first-order valence-corrected chi connectivity index (χ1v) is 9.30. The zero-order valence-corrected chi connectivity index (χ0v) is 14.5. The number of hydrogen-bond donors (Lipinski definition) is 2. The number of carboxylic acids is 1. The molecular weight excluding hydrogens is 288 g/mol. The van der Waals surface area contributed by atoms with E-state index in [9.17, 15) is 15.0 Å². The molecule has 4 saturated carbocycles. The Labute approximate surface area is 139 Å². The lowest BCUT2D eigenvalue weighted by Gasteiger charge is -2.63. The van der Waals surface area contributed by atoms with Gasteiger partial charge in [0.2, 0.25) is 0 Å². The molecule has 1 spiro atoms. The van der Waals surface area contributed by atoms with Crippen LogP contribution in [0.2, 0.25) is 0 Å². The van der Waals surface area contributed by atoms with E-state index < -0.39 is 17.0 Å². The number of fused-ring (bicyclic) bond motifs is 3. The second kappa shape index (κ2) is 4.41. The summed E-state index contributed by atoms with van der Waals surface area (Å²) in [6.45, 7) is 8.55. The van der Waals surface area contributed by atoms with Crippen molar-refractivity contribution in [2.45, 2.75) is 77.2 Å². The molecular formula is C20H30O3. The van der Waals surface area contributed by atoms with Gasteiger partial charge in [0.15, 0.2) is 0 Å². The molecule has 1 unspecified atom stereocenters. The SMILES string of the molecule is C=C1C[C@@]23CCC4[C@](C)(C(=O)O)CCC[C@@]4(C)[C@@H]2CC[C@@]1(O)C3. The van der Waals surface area contributed by atoms with Crippen molar-refractivity contribution in [2.24, 2.45) is 28.1 Å². The zero-order valence-electron chi connectivity index (χ0n) is 14.5. The first kappa shape index (κ1) is 15.7. The smallest absolute Gasteiger partial charge is 0.309 e. The Morgan fingerprint density at radius 2 is 1.83 bits per heavy atom. The predicted molar refractivity (Wildman–Crippen MR) is 88.9 cm³/mol. The van der Waals surface area contributed by atoms with Gasteiger partial charge in [-0.15, -0.1) is 0 Å². The number of hydrogen-bond acceptors (Lipinski definition) is 2. The molecule has 0 aromatic carbocycles. The number of aliphatic hydroxyl groups is 1. The standard InChI is InChI=1S/C20H30O3/c1-13-11-19-9-5-14-17(2,7-4-8-18(14,3)16(21)22)15(19)6-10-20(13,23)12-19/h14-15,23H,1,4-12H2,2-3H3,(H,21,22)/t14?,15-,17+,18+,19+,20+/m0/s1. The van der Waals surface area contributed by atoms with Gasteiger partial charge in [0, 0.05) is 0 Å². The number of aliphatic carboxylic acids is 1. The molecule has 6 atom stereocenters. The quantitative estimate of drug-likeness (QED) is 0.714. The van der Waals surface area contributed by atoms with Crippen LogP contribution >= 0.6 is 0 Å². The van der Waals surface area contributed by atoms with Gasteiger partial charge in [-0.1, -0.05) is 19.9 Å². The fraction of sp³-hybridized carbons (Fsp3) is 0.850. The van der Waals surface area contributed by atoms with E-state index in [2.05, 4.69) is 13.5 Å². The third kappa shape index (κ3) is 1.78. The highest BCUT2D eigenvalue weighted by Crippen LogP contribution is 2.72. The van der Waals surface area contributed by atoms with Crippen molar-refractivity contribution >= 4 is 5.97 Å². The van der Waals surface area contributed by atoms with Crippen LogP contribution in [0.3, 0.4) is 0 Å². The Kier molecular flexibility index (Phi) is 3.01. The molecule has 0 aromatic heterocycles. The summed E-state index contributed by atoms with van der Waals surface area (Å²) < 4.78 is 0. The van der Waals surface area contributed by atoms with Crippen LogP contribution in [0.4, 0.5) is 0 Å². The Bertz CT molecular complexity index is 583. The highest BCUT2D eigenvalue weighted by molar-refractivity contribution is 5.75. The van der Waals surface area contributed by atoms with Gasteiger partial charge in [-0.2, -0.15) is 0 Å². The minimum atomic E-state index is -0.634. The fourth-order valence-electron chi connectivity index (χ4n) is 7.61. The van der Waals surface area contributed by atoms with Gasteiger partial charge in [-0.05, 0) is 86.5 Å². The van der Waals surface area contributed by atoms with Crippen LogP contribution in [-0.2, 0) is 4.79 Å². The maximum absolute atomic E-state index is 12.0. The molecule has 3 heteroatoms. The van der Waals surface area contributed by atoms with Crippen molar-refractivity contribution in [3.05, 3.63) is 12.2 Å². The summed E-state index contributed by atoms with van der Waals surface area (Å²) in [5.74, 6) is 0.219. The number of carbonyl (C=O) groups is 1. The van der Waals surface area contributed by atoms with Crippen LogP contribution in [0.15, 0.2) is 12.2 Å². The summed E-state index contributed by atoms with van der Waals surface area (Å²) in [6.07, 6.45) is 8.75. The van der Waals surface area contributed by atoms with Gasteiger partial charge in [-0.25, -0.2) is 0 Å². The van der Waals surface area contributed by atoms with E-state index in [4.69, 9.17) is 0 Å². The molecule has 0 aromatic rings. The number of rotatable bonds is 1. The van der Waals surface area contributed by atoms with Crippen molar-refractivity contribution in [1.82, 2.24) is 0 Å². The average molecular weight is 318 g/mol. The molecule has 0 amide bonds. The molecule has 4 aliphatic carbocycles. The molecule has 0 saturated heterocycles. The fourth-order valence-corrected chi connectivity index (χ4v) is 7.61. The second-order valence-corrected chi connectivity index (χ2v) is 9.62. The summed E-state index contributed by atoms with van der Waals surface area (Å²) in [6, 6.07) is 0. The van der Waals surface area contributed by atoms with Gasteiger partial charge in [0.25, 0.3) is 0 Å². The normalized spacial score (nSPS) is 55.2. The lowest BCUT2D eigenvalue weighted by atomic mass is 9.41. The highest BCUT2D eigenvalue weighted by Gasteiger charge is 2.67. The largest absolute Gasteiger partial charge is 0.481 e. The van der Waals surface area contributed by atoms with Gasteiger partial charge in [0.1, 0.15) is 0 Å². The first-order valence-electron chi connectivity index (χ1n) is 9.30. The van der Waals surface area contributed by atoms with Gasteiger partial charge < -0.3 is 10.2 Å². The topological polar surface area (TPSA) is 57.5 Å². The molecule has 2 N–H and O–H groups in total. The van der Waals surface area contributed by atoms with E-state index in [-0.39, 0.29) is 16.7 Å². The van der Waals surface area contributed by atoms with Gasteiger partial charge in [0.05, 0.1) is 11.0 Å². The molecule has 4 fully saturated rings. The van der Waals surface area contributed by atoms with Crippen molar-refractivity contribution in [1.29, 1.82) is 0 Å². The van der Waals surface area contributed by atoms with E-state index in [1.807, 2.05) is 6.92 Å². The van der Waals surface area contributed by atoms with Crippen molar-refractivity contribution < 1.29 is 15.0 Å². The highest BCUT2D eigenvalue weighted by atomic mass is 16.4. The van der Waals surface area contributed by atoms with Crippen LogP contribution in [0, 0.1) is 28.1 Å². The lowest BCUT2D eigenvalue weighted by molar-refractivity contribution is -0.186. The summed E-state index contributed by atoms with van der Waals surface area (Å²) in [5.41, 5.74) is 0.128. The van der Waals surface area contributed by atoms with Gasteiger partial charge in [-0.3, -0.25) is 4.79 Å². The molecule has 0 radical (unpaired) electrons. The molecule has 0 heterocycles. The molecule has 2 bridgehead atoms. The van der Waals surface area contributed by atoms with Crippen molar-refractivity contribution in [2.75, 3.05) is 0 Å². The Hall–Kier alpha value is -0.830. The van der Waals surface area contributed by atoms with Crippen molar-refractivity contribution in [3.63, 3.8) is 0 Å². The molecule has 128 valence electrons. The van der Waals surface area contributed by atoms with E-state index in [1.54, 1.807) is 0 Å². The summed E-state index contributed by atoms with van der Waals surface area (Å²) >= 11 is 0. The predicted octanol–water partition coefficient (Wildman–Crippen LogP) is 4.16. The van der Waals surface area contributed by atoms with E-state index >= 15 is 0 Å². The van der Waals surface area contributed by atoms with E-state index in [0.29, 0.717) is 5.92 Å². The third-order valence-corrected chi connectivity index (χ3v) is 8.65.